The largest absolute Gasteiger partial charge is 0.347 e. The summed E-state index contributed by atoms with van der Waals surface area (Å²) >= 11 is 5.82. The number of aryl methyl sites for hydroxylation is 2. The first-order valence-electron chi connectivity index (χ1n) is 7.37. The van der Waals surface area contributed by atoms with Gasteiger partial charge in [0, 0.05) is 17.3 Å². The van der Waals surface area contributed by atoms with Crippen LogP contribution in [0.25, 0.3) is 0 Å². The van der Waals surface area contributed by atoms with Gasteiger partial charge >= 0.3 is 11.8 Å². The number of amides is 2. The van der Waals surface area contributed by atoms with Crippen LogP contribution in [0.5, 0.6) is 0 Å². The predicted molar refractivity (Wildman–Crippen MR) is 92.7 cm³/mol. The molecular weight excluding hydrogens is 312 g/mol. The van der Waals surface area contributed by atoms with E-state index < -0.39 is 11.8 Å². The quantitative estimate of drug-likeness (QED) is 0.845. The second-order valence-corrected chi connectivity index (χ2v) is 5.79. The summed E-state index contributed by atoms with van der Waals surface area (Å²) in [6.45, 7) is 4.17. The molecule has 2 rings (SSSR count). The van der Waals surface area contributed by atoms with Crippen LogP contribution in [0.15, 0.2) is 42.5 Å². The van der Waals surface area contributed by atoms with E-state index in [1.54, 1.807) is 12.1 Å². The van der Waals surface area contributed by atoms with Gasteiger partial charge in [-0.15, -0.1) is 0 Å². The summed E-state index contributed by atoms with van der Waals surface area (Å²) in [6, 6.07) is 13.1. The second kappa shape index (κ2) is 7.79. The van der Waals surface area contributed by atoms with Crippen LogP contribution >= 0.6 is 11.6 Å². The zero-order valence-corrected chi connectivity index (χ0v) is 13.9. The number of carbonyl (C=O) groups is 2. The Kier molecular flexibility index (Phi) is 5.77. The van der Waals surface area contributed by atoms with Crippen LogP contribution in [-0.4, -0.2) is 18.4 Å². The molecule has 0 aliphatic heterocycles. The molecule has 23 heavy (non-hydrogen) atoms. The van der Waals surface area contributed by atoms with E-state index in [1.807, 2.05) is 44.2 Å². The van der Waals surface area contributed by atoms with Gasteiger partial charge in [0.1, 0.15) is 0 Å². The molecule has 0 spiro atoms. The maximum Gasteiger partial charge on any atom is 0.313 e. The van der Waals surface area contributed by atoms with Crippen LogP contribution in [0.4, 0.5) is 5.69 Å². The Labute approximate surface area is 140 Å². The smallest absolute Gasteiger partial charge is 0.313 e. The highest BCUT2D eigenvalue weighted by molar-refractivity contribution is 6.39. The molecular formula is C18H19ClN2O2. The third kappa shape index (κ3) is 4.83. The van der Waals surface area contributed by atoms with Crippen molar-refractivity contribution in [1.82, 2.24) is 5.32 Å². The molecule has 5 heteroatoms. The number of nitrogens with one attached hydrogen (secondary N) is 2. The summed E-state index contributed by atoms with van der Waals surface area (Å²) in [6.07, 6.45) is 0.638. The third-order valence-electron chi connectivity index (χ3n) is 3.54. The first-order chi connectivity index (χ1) is 11.0. The third-order valence-corrected chi connectivity index (χ3v) is 3.79. The van der Waals surface area contributed by atoms with Crippen molar-refractivity contribution >= 4 is 29.1 Å². The Morgan fingerprint density at radius 3 is 2.17 bits per heavy atom. The highest BCUT2D eigenvalue weighted by Gasteiger charge is 2.15. The maximum atomic E-state index is 12.0. The number of carbonyl (C=O) groups excluding carboxylic acids is 2. The summed E-state index contributed by atoms with van der Waals surface area (Å²) in [5.74, 6) is -1.29. The minimum Gasteiger partial charge on any atom is -0.347 e. The summed E-state index contributed by atoms with van der Waals surface area (Å²) in [5, 5.41) is 5.96. The fraction of sp³-hybridized carbons (Fsp3) is 0.222. The molecule has 0 aromatic heterocycles. The highest BCUT2D eigenvalue weighted by atomic mass is 35.5. The van der Waals surface area contributed by atoms with Gasteiger partial charge in [-0.05, 0) is 49.1 Å². The standard InChI is InChI=1S/C18H19ClN2O2/c1-12-4-3-5-13(2)16(12)21-18(23)17(22)20-11-10-14-6-8-15(19)9-7-14/h3-9H,10-11H2,1-2H3,(H,20,22)(H,21,23). The van der Waals surface area contributed by atoms with E-state index in [0.717, 1.165) is 16.7 Å². The van der Waals surface area contributed by atoms with Crippen molar-refractivity contribution in [3.05, 3.63) is 64.2 Å². The average Bonchev–Trinajstić information content (AvgIpc) is 2.52. The van der Waals surface area contributed by atoms with Crippen molar-refractivity contribution in [1.29, 1.82) is 0 Å². The van der Waals surface area contributed by atoms with Crippen molar-refractivity contribution in [2.75, 3.05) is 11.9 Å². The Morgan fingerprint density at radius 1 is 0.957 bits per heavy atom. The summed E-state index contributed by atoms with van der Waals surface area (Å²) in [7, 11) is 0. The van der Waals surface area contributed by atoms with Crippen LogP contribution in [0, 0.1) is 13.8 Å². The van der Waals surface area contributed by atoms with E-state index in [-0.39, 0.29) is 0 Å². The monoisotopic (exact) mass is 330 g/mol. The first-order valence-corrected chi connectivity index (χ1v) is 7.75. The van der Waals surface area contributed by atoms with Crippen molar-refractivity contribution < 1.29 is 9.59 Å². The Morgan fingerprint density at radius 2 is 1.57 bits per heavy atom. The predicted octanol–water partition coefficient (Wildman–Crippen LogP) is 3.25. The van der Waals surface area contributed by atoms with Crippen molar-refractivity contribution in [3.63, 3.8) is 0 Å². The molecule has 0 bridgehead atoms. The Hall–Kier alpha value is -2.33. The lowest BCUT2D eigenvalue weighted by atomic mass is 10.1. The van der Waals surface area contributed by atoms with Gasteiger partial charge in [-0.1, -0.05) is 41.9 Å². The van der Waals surface area contributed by atoms with Gasteiger partial charge in [0.15, 0.2) is 0 Å². The lowest BCUT2D eigenvalue weighted by Gasteiger charge is -2.11. The van der Waals surface area contributed by atoms with E-state index in [2.05, 4.69) is 10.6 Å². The van der Waals surface area contributed by atoms with Crippen molar-refractivity contribution in [2.45, 2.75) is 20.3 Å². The van der Waals surface area contributed by atoms with E-state index in [9.17, 15) is 9.59 Å². The second-order valence-electron chi connectivity index (χ2n) is 5.35. The number of rotatable bonds is 4. The van der Waals surface area contributed by atoms with Crippen LogP contribution in [-0.2, 0) is 16.0 Å². The molecule has 4 nitrogen and oxygen atoms in total. The Bertz CT molecular complexity index is 691. The minimum absolute atomic E-state index is 0.390. The SMILES string of the molecule is Cc1cccc(C)c1NC(=O)C(=O)NCCc1ccc(Cl)cc1. The van der Waals surface area contributed by atoms with Gasteiger partial charge < -0.3 is 10.6 Å². The molecule has 0 aliphatic carbocycles. The molecule has 0 radical (unpaired) electrons. The zero-order valence-electron chi connectivity index (χ0n) is 13.2. The molecule has 2 aromatic rings. The van der Waals surface area contributed by atoms with Gasteiger partial charge in [0.05, 0.1) is 0 Å². The molecule has 0 fully saturated rings. The van der Waals surface area contributed by atoms with Crippen molar-refractivity contribution in [2.24, 2.45) is 0 Å². The molecule has 0 saturated heterocycles. The lowest BCUT2D eigenvalue weighted by molar-refractivity contribution is -0.136. The van der Waals surface area contributed by atoms with E-state index >= 15 is 0 Å². The molecule has 0 heterocycles. The molecule has 120 valence electrons. The van der Waals surface area contributed by atoms with E-state index in [0.29, 0.717) is 23.7 Å². The molecule has 0 atom stereocenters. The average molecular weight is 331 g/mol. The van der Waals surface area contributed by atoms with Crippen molar-refractivity contribution in [3.8, 4) is 0 Å². The fourth-order valence-corrected chi connectivity index (χ4v) is 2.36. The minimum atomic E-state index is -0.654. The molecule has 0 saturated carbocycles. The normalized spacial score (nSPS) is 10.2. The van der Waals surface area contributed by atoms with Gasteiger partial charge in [-0.2, -0.15) is 0 Å². The first kappa shape index (κ1) is 17.0. The van der Waals surface area contributed by atoms with E-state index in [1.165, 1.54) is 0 Å². The number of halogens is 1. The lowest BCUT2D eigenvalue weighted by Crippen LogP contribution is -2.36. The molecule has 2 amide bonds. The highest BCUT2D eigenvalue weighted by Crippen LogP contribution is 2.19. The number of anilines is 1. The number of hydrogen-bond acceptors (Lipinski definition) is 2. The van der Waals surface area contributed by atoms with E-state index in [4.69, 9.17) is 11.6 Å². The van der Waals surface area contributed by atoms with Gasteiger partial charge in [0.25, 0.3) is 0 Å². The molecule has 2 aromatic carbocycles. The number of hydrogen-bond donors (Lipinski definition) is 2. The van der Waals surface area contributed by atoms with Gasteiger partial charge in [0.2, 0.25) is 0 Å². The topological polar surface area (TPSA) is 58.2 Å². The zero-order chi connectivity index (χ0) is 16.8. The Balaban J connectivity index is 1.85. The maximum absolute atomic E-state index is 12.0. The molecule has 0 unspecified atom stereocenters. The fourth-order valence-electron chi connectivity index (χ4n) is 2.23. The van der Waals surface area contributed by atoms with Crippen LogP contribution in [0.2, 0.25) is 5.02 Å². The van der Waals surface area contributed by atoms with Crippen LogP contribution < -0.4 is 10.6 Å². The summed E-state index contributed by atoms with van der Waals surface area (Å²) < 4.78 is 0. The van der Waals surface area contributed by atoms with Gasteiger partial charge in [-0.3, -0.25) is 9.59 Å². The summed E-state index contributed by atoms with van der Waals surface area (Å²) in [4.78, 5) is 23.8. The summed E-state index contributed by atoms with van der Waals surface area (Å²) in [5.41, 5.74) is 3.58. The van der Waals surface area contributed by atoms with Crippen LogP contribution in [0.3, 0.4) is 0 Å². The number of para-hydroxylation sites is 1. The number of benzene rings is 2. The van der Waals surface area contributed by atoms with Crippen LogP contribution in [0.1, 0.15) is 16.7 Å². The molecule has 2 N–H and O–H groups in total. The van der Waals surface area contributed by atoms with Gasteiger partial charge in [-0.25, -0.2) is 0 Å². The molecule has 0 aliphatic rings.